The largest absolute Gasteiger partial charge is 0.305 e. The highest BCUT2D eigenvalue weighted by molar-refractivity contribution is 6.31. The van der Waals surface area contributed by atoms with E-state index in [1.54, 1.807) is 12.4 Å². The standard InChI is InChI=1S/C14H17ClN6/c1-3-17-13(14-11(15)8-19-20(14)4-2)10-7-18-21-6-5-16-9-12(10)21/h5-9,13,17H,3-4H2,1-2H3. The van der Waals surface area contributed by atoms with Gasteiger partial charge in [-0.05, 0) is 13.5 Å². The summed E-state index contributed by atoms with van der Waals surface area (Å²) in [6, 6.07) is -0.0633. The van der Waals surface area contributed by atoms with E-state index in [0.29, 0.717) is 5.02 Å². The average molecular weight is 305 g/mol. The highest BCUT2D eigenvalue weighted by atomic mass is 35.5. The Hall–Kier alpha value is -1.92. The van der Waals surface area contributed by atoms with Gasteiger partial charge in [0.2, 0.25) is 0 Å². The van der Waals surface area contributed by atoms with Gasteiger partial charge in [0.05, 0.1) is 40.9 Å². The maximum absolute atomic E-state index is 6.36. The van der Waals surface area contributed by atoms with Gasteiger partial charge in [-0.15, -0.1) is 0 Å². The molecule has 7 heteroatoms. The molecule has 0 aliphatic carbocycles. The molecule has 3 heterocycles. The zero-order valence-electron chi connectivity index (χ0n) is 12.0. The van der Waals surface area contributed by atoms with E-state index in [2.05, 4.69) is 27.4 Å². The number of nitrogens with zero attached hydrogens (tertiary/aromatic N) is 5. The Morgan fingerprint density at radius 3 is 2.86 bits per heavy atom. The minimum atomic E-state index is -0.0633. The number of fused-ring (bicyclic) bond motifs is 1. The van der Waals surface area contributed by atoms with E-state index < -0.39 is 0 Å². The second-order valence-corrected chi connectivity index (χ2v) is 5.10. The zero-order valence-corrected chi connectivity index (χ0v) is 12.7. The number of hydrogen-bond acceptors (Lipinski definition) is 4. The molecule has 0 spiro atoms. The normalized spacial score (nSPS) is 12.9. The van der Waals surface area contributed by atoms with Crippen LogP contribution in [0.5, 0.6) is 0 Å². The first-order valence-electron chi connectivity index (χ1n) is 6.98. The Morgan fingerprint density at radius 1 is 1.24 bits per heavy atom. The van der Waals surface area contributed by atoms with E-state index in [1.165, 1.54) is 0 Å². The van der Waals surface area contributed by atoms with Crippen molar-refractivity contribution in [2.45, 2.75) is 26.4 Å². The fourth-order valence-corrected chi connectivity index (χ4v) is 2.79. The molecule has 3 aromatic heterocycles. The van der Waals surface area contributed by atoms with Gasteiger partial charge in [-0.1, -0.05) is 18.5 Å². The van der Waals surface area contributed by atoms with Crippen molar-refractivity contribution in [1.29, 1.82) is 0 Å². The molecule has 0 aliphatic heterocycles. The number of hydrogen-bond donors (Lipinski definition) is 1. The van der Waals surface area contributed by atoms with E-state index in [0.717, 1.165) is 29.9 Å². The maximum Gasteiger partial charge on any atom is 0.0896 e. The van der Waals surface area contributed by atoms with E-state index in [-0.39, 0.29) is 6.04 Å². The SMILES string of the molecule is CCNC(c1cnn2ccncc12)c1c(Cl)cnn1CC. The van der Waals surface area contributed by atoms with Crippen LogP contribution in [0.15, 0.2) is 31.0 Å². The molecular weight excluding hydrogens is 288 g/mol. The van der Waals surface area contributed by atoms with Crippen LogP contribution in [0.25, 0.3) is 5.52 Å². The van der Waals surface area contributed by atoms with E-state index in [1.807, 2.05) is 34.7 Å². The van der Waals surface area contributed by atoms with Crippen LogP contribution in [-0.2, 0) is 6.54 Å². The summed E-state index contributed by atoms with van der Waals surface area (Å²) < 4.78 is 3.72. The Balaban J connectivity index is 2.16. The lowest BCUT2D eigenvalue weighted by Gasteiger charge is -2.19. The Morgan fingerprint density at radius 2 is 2.10 bits per heavy atom. The molecule has 110 valence electrons. The Labute approximate surface area is 127 Å². The molecule has 3 rings (SSSR count). The Kier molecular flexibility index (Phi) is 3.90. The monoisotopic (exact) mass is 304 g/mol. The molecule has 1 atom stereocenters. The quantitative estimate of drug-likeness (QED) is 0.786. The molecule has 0 saturated heterocycles. The third-order valence-electron chi connectivity index (χ3n) is 3.48. The van der Waals surface area contributed by atoms with Crippen LogP contribution in [0.3, 0.4) is 0 Å². The molecule has 1 N–H and O–H groups in total. The lowest BCUT2D eigenvalue weighted by Crippen LogP contribution is -2.25. The summed E-state index contributed by atoms with van der Waals surface area (Å²) in [7, 11) is 0. The maximum atomic E-state index is 6.36. The van der Waals surface area contributed by atoms with Crippen molar-refractivity contribution in [3.8, 4) is 0 Å². The summed E-state index contributed by atoms with van der Waals surface area (Å²) in [6.07, 6.45) is 8.91. The second kappa shape index (κ2) is 5.83. The van der Waals surface area contributed by atoms with Gasteiger partial charge in [0.1, 0.15) is 0 Å². The predicted octanol–water partition coefficient (Wildman–Crippen LogP) is 2.30. The van der Waals surface area contributed by atoms with Crippen LogP contribution in [0.1, 0.15) is 31.1 Å². The predicted molar refractivity (Wildman–Crippen MR) is 81.4 cm³/mol. The third kappa shape index (κ3) is 2.41. The summed E-state index contributed by atoms with van der Waals surface area (Å²) in [5.74, 6) is 0. The summed E-state index contributed by atoms with van der Waals surface area (Å²) in [5.41, 5.74) is 2.96. The van der Waals surface area contributed by atoms with Gasteiger partial charge in [0.25, 0.3) is 0 Å². The van der Waals surface area contributed by atoms with Crippen molar-refractivity contribution < 1.29 is 0 Å². The minimum Gasteiger partial charge on any atom is -0.305 e. The molecule has 1 unspecified atom stereocenters. The van der Waals surface area contributed by atoms with Crippen LogP contribution in [0.2, 0.25) is 5.02 Å². The summed E-state index contributed by atoms with van der Waals surface area (Å²) >= 11 is 6.36. The number of aryl methyl sites for hydroxylation is 1. The van der Waals surface area contributed by atoms with Gasteiger partial charge in [0, 0.05) is 24.5 Å². The Bertz CT molecular complexity index is 747. The van der Waals surface area contributed by atoms with E-state index in [9.17, 15) is 0 Å². The van der Waals surface area contributed by atoms with Crippen LogP contribution in [0, 0.1) is 0 Å². The van der Waals surface area contributed by atoms with E-state index >= 15 is 0 Å². The van der Waals surface area contributed by atoms with Gasteiger partial charge in [0.15, 0.2) is 0 Å². The van der Waals surface area contributed by atoms with Crippen molar-refractivity contribution >= 4 is 17.1 Å². The molecule has 3 aromatic rings. The molecule has 21 heavy (non-hydrogen) atoms. The first kappa shape index (κ1) is 14.0. The smallest absolute Gasteiger partial charge is 0.0896 e. The molecule has 0 saturated carbocycles. The first-order valence-corrected chi connectivity index (χ1v) is 7.35. The first-order chi connectivity index (χ1) is 10.3. The van der Waals surface area contributed by atoms with Crippen molar-refractivity contribution in [2.24, 2.45) is 0 Å². The van der Waals surface area contributed by atoms with Crippen molar-refractivity contribution in [3.05, 3.63) is 47.3 Å². The minimum absolute atomic E-state index is 0.0633. The summed E-state index contributed by atoms with van der Waals surface area (Å²) in [5, 5.41) is 12.8. The van der Waals surface area contributed by atoms with Gasteiger partial charge in [-0.3, -0.25) is 9.67 Å². The number of aromatic nitrogens is 5. The molecule has 0 aromatic carbocycles. The van der Waals surface area contributed by atoms with Gasteiger partial charge >= 0.3 is 0 Å². The van der Waals surface area contributed by atoms with Crippen molar-refractivity contribution in [2.75, 3.05) is 6.54 Å². The van der Waals surface area contributed by atoms with Gasteiger partial charge in [-0.25, -0.2) is 4.52 Å². The highest BCUT2D eigenvalue weighted by Crippen LogP contribution is 2.30. The van der Waals surface area contributed by atoms with Crippen LogP contribution in [-0.4, -0.2) is 30.9 Å². The molecule has 0 bridgehead atoms. The van der Waals surface area contributed by atoms with Crippen molar-refractivity contribution in [1.82, 2.24) is 29.7 Å². The molecule has 0 fully saturated rings. The molecule has 6 nitrogen and oxygen atoms in total. The molecule has 0 radical (unpaired) electrons. The third-order valence-corrected chi connectivity index (χ3v) is 3.77. The van der Waals surface area contributed by atoms with Gasteiger partial charge in [-0.2, -0.15) is 10.2 Å². The molecule has 0 amide bonds. The summed E-state index contributed by atoms with van der Waals surface area (Å²) in [6.45, 7) is 5.69. The van der Waals surface area contributed by atoms with Crippen LogP contribution >= 0.6 is 11.6 Å². The topological polar surface area (TPSA) is 60.0 Å². The van der Waals surface area contributed by atoms with E-state index in [4.69, 9.17) is 11.6 Å². The second-order valence-electron chi connectivity index (χ2n) is 4.69. The average Bonchev–Trinajstić information content (AvgIpc) is 3.09. The molecule has 0 aliphatic rings. The lowest BCUT2D eigenvalue weighted by molar-refractivity contribution is 0.544. The number of nitrogens with one attached hydrogen (secondary N) is 1. The van der Waals surface area contributed by atoms with Crippen molar-refractivity contribution in [3.63, 3.8) is 0 Å². The van der Waals surface area contributed by atoms with Crippen LogP contribution in [0.4, 0.5) is 0 Å². The molecular formula is C14H17ClN6. The summed E-state index contributed by atoms with van der Waals surface area (Å²) in [4.78, 5) is 4.19. The highest BCUT2D eigenvalue weighted by Gasteiger charge is 2.24. The number of halogens is 1. The van der Waals surface area contributed by atoms with Crippen LogP contribution < -0.4 is 5.32 Å². The fraction of sp³-hybridized carbons (Fsp3) is 0.357. The lowest BCUT2D eigenvalue weighted by atomic mass is 10.1. The van der Waals surface area contributed by atoms with Gasteiger partial charge < -0.3 is 5.32 Å². The number of rotatable bonds is 5. The zero-order chi connectivity index (χ0) is 14.8. The fourth-order valence-electron chi connectivity index (χ4n) is 2.54.